The maximum Gasteiger partial charge on any atom is 0.250 e. The second-order valence-corrected chi connectivity index (χ2v) is 3.40. The third-order valence-electron chi connectivity index (χ3n) is 0.880. The fraction of sp³-hybridized carbons (Fsp3) is 0. The van der Waals surface area contributed by atoms with E-state index in [1.807, 2.05) is 5.38 Å². The smallest absolute Gasteiger partial charge is 0.250 e. The second-order valence-electron chi connectivity index (χ2n) is 1.50. The number of primary amides is 1. The van der Waals surface area contributed by atoms with Crippen molar-refractivity contribution in [2.75, 3.05) is 0 Å². The number of hydrogen-bond donors (Lipinski definition) is 1. The Morgan fingerprint density at radius 2 is 2.33 bits per heavy atom. The van der Waals surface area contributed by atoms with E-state index in [4.69, 9.17) is 5.73 Å². The Labute approximate surface area is 70.2 Å². The fourth-order valence-electron chi connectivity index (χ4n) is 0.457. The van der Waals surface area contributed by atoms with E-state index >= 15 is 0 Å². The summed E-state index contributed by atoms with van der Waals surface area (Å²) in [7, 11) is 0. The van der Waals surface area contributed by atoms with Gasteiger partial charge in [0.05, 0.1) is 5.56 Å². The molecule has 0 radical (unpaired) electrons. The first kappa shape index (κ1) is 7.01. The van der Waals surface area contributed by atoms with Gasteiger partial charge in [-0.05, 0) is 22.6 Å². The lowest BCUT2D eigenvalue weighted by molar-refractivity contribution is 0.1000. The van der Waals surface area contributed by atoms with Gasteiger partial charge in [0.25, 0.3) is 5.91 Å². The highest BCUT2D eigenvalue weighted by Crippen LogP contribution is 2.15. The summed E-state index contributed by atoms with van der Waals surface area (Å²) >= 11 is 3.57. The topological polar surface area (TPSA) is 43.1 Å². The van der Waals surface area contributed by atoms with Gasteiger partial charge < -0.3 is 5.73 Å². The molecule has 1 aromatic rings. The second kappa shape index (κ2) is 2.66. The van der Waals surface area contributed by atoms with Gasteiger partial charge in [-0.2, -0.15) is 11.3 Å². The summed E-state index contributed by atoms with van der Waals surface area (Å²) in [6.45, 7) is 0. The summed E-state index contributed by atoms with van der Waals surface area (Å²) < 4.78 is 0.935. The molecule has 2 N–H and O–H groups in total. The number of halogens is 1. The zero-order chi connectivity index (χ0) is 6.85. The van der Waals surface area contributed by atoms with Gasteiger partial charge in [0.15, 0.2) is 0 Å². The molecule has 0 saturated carbocycles. The molecule has 0 aliphatic rings. The Morgan fingerprint density at radius 1 is 1.67 bits per heavy atom. The number of carbonyl (C=O) groups is 1. The standard InChI is InChI=1S/C5H4INOS/c6-4-2-9-1-3(4)5(7)8/h1-2H,(H2,7,8). The number of carbonyl (C=O) groups excluding carboxylic acids is 1. The van der Waals surface area contributed by atoms with E-state index in [0.29, 0.717) is 5.56 Å². The van der Waals surface area contributed by atoms with Crippen molar-refractivity contribution in [3.8, 4) is 0 Å². The van der Waals surface area contributed by atoms with E-state index in [2.05, 4.69) is 22.6 Å². The Balaban J connectivity index is 3.08. The van der Waals surface area contributed by atoms with Gasteiger partial charge in [0, 0.05) is 14.3 Å². The first-order chi connectivity index (χ1) is 4.22. The van der Waals surface area contributed by atoms with Crippen LogP contribution in [0.2, 0.25) is 0 Å². The highest BCUT2D eigenvalue weighted by Gasteiger charge is 2.04. The van der Waals surface area contributed by atoms with Crippen molar-refractivity contribution < 1.29 is 4.79 Å². The normalized spacial score (nSPS) is 9.44. The maximum atomic E-state index is 10.5. The predicted octanol–water partition coefficient (Wildman–Crippen LogP) is 1.45. The van der Waals surface area contributed by atoms with Crippen LogP contribution in [0.3, 0.4) is 0 Å². The molecule has 1 rings (SSSR count). The van der Waals surface area contributed by atoms with Crippen molar-refractivity contribution in [1.82, 2.24) is 0 Å². The van der Waals surface area contributed by atoms with E-state index in [9.17, 15) is 4.79 Å². The number of nitrogens with two attached hydrogens (primary N) is 1. The molecule has 2 nitrogen and oxygen atoms in total. The van der Waals surface area contributed by atoms with Crippen LogP contribution in [0.15, 0.2) is 10.8 Å². The monoisotopic (exact) mass is 253 g/mol. The van der Waals surface area contributed by atoms with Gasteiger partial charge in [-0.1, -0.05) is 0 Å². The summed E-state index contributed by atoms with van der Waals surface area (Å²) in [4.78, 5) is 10.5. The van der Waals surface area contributed by atoms with Gasteiger partial charge in [0.1, 0.15) is 0 Å². The van der Waals surface area contributed by atoms with Crippen LogP contribution in [0.4, 0.5) is 0 Å². The molecule has 0 bridgehead atoms. The van der Waals surface area contributed by atoms with Crippen LogP contribution in [0.5, 0.6) is 0 Å². The quantitative estimate of drug-likeness (QED) is 0.756. The molecule has 0 unspecified atom stereocenters. The molecule has 0 aliphatic carbocycles. The van der Waals surface area contributed by atoms with Crippen LogP contribution >= 0.6 is 33.9 Å². The molecule has 1 aromatic heterocycles. The van der Waals surface area contributed by atoms with Crippen LogP contribution in [0.1, 0.15) is 10.4 Å². The number of rotatable bonds is 1. The predicted molar refractivity (Wildman–Crippen MR) is 45.6 cm³/mol. The average molecular weight is 253 g/mol. The van der Waals surface area contributed by atoms with Gasteiger partial charge >= 0.3 is 0 Å². The molecule has 0 aliphatic heterocycles. The molecule has 0 atom stereocenters. The summed E-state index contributed by atoms with van der Waals surface area (Å²) in [6, 6.07) is 0. The highest BCUT2D eigenvalue weighted by atomic mass is 127. The van der Waals surface area contributed by atoms with E-state index in [1.165, 1.54) is 11.3 Å². The van der Waals surface area contributed by atoms with Crippen LogP contribution < -0.4 is 5.73 Å². The van der Waals surface area contributed by atoms with E-state index in [1.54, 1.807) is 5.38 Å². The SMILES string of the molecule is NC(=O)c1cscc1I. The molecule has 0 saturated heterocycles. The minimum Gasteiger partial charge on any atom is -0.366 e. The van der Waals surface area contributed by atoms with Crippen LogP contribution in [-0.2, 0) is 0 Å². The van der Waals surface area contributed by atoms with E-state index in [0.717, 1.165) is 3.57 Å². The molecule has 0 fully saturated rings. The Bertz CT molecular complexity index is 233. The van der Waals surface area contributed by atoms with Crippen molar-refractivity contribution in [1.29, 1.82) is 0 Å². The van der Waals surface area contributed by atoms with Gasteiger partial charge in [0.2, 0.25) is 0 Å². The lowest BCUT2D eigenvalue weighted by atomic mass is 10.3. The van der Waals surface area contributed by atoms with E-state index in [-0.39, 0.29) is 5.91 Å². The average Bonchev–Trinajstić information content (AvgIpc) is 2.13. The number of thiophene rings is 1. The largest absolute Gasteiger partial charge is 0.366 e. The lowest BCUT2D eigenvalue weighted by Crippen LogP contribution is -2.10. The van der Waals surface area contributed by atoms with Gasteiger partial charge in [-0.25, -0.2) is 0 Å². The van der Waals surface area contributed by atoms with Gasteiger partial charge in [-0.15, -0.1) is 0 Å². The molecule has 0 aromatic carbocycles. The zero-order valence-electron chi connectivity index (χ0n) is 4.43. The number of amides is 1. The lowest BCUT2D eigenvalue weighted by Gasteiger charge is -1.86. The fourth-order valence-corrected chi connectivity index (χ4v) is 2.22. The maximum absolute atomic E-state index is 10.5. The summed E-state index contributed by atoms with van der Waals surface area (Å²) in [6.07, 6.45) is 0. The summed E-state index contributed by atoms with van der Waals surface area (Å²) in [5.41, 5.74) is 5.65. The number of hydrogen-bond acceptors (Lipinski definition) is 2. The van der Waals surface area contributed by atoms with Crippen molar-refractivity contribution in [2.24, 2.45) is 5.73 Å². The molecule has 1 amide bonds. The summed E-state index contributed by atoms with van der Waals surface area (Å²) in [5.74, 6) is -0.347. The first-order valence-corrected chi connectivity index (χ1v) is 4.25. The van der Waals surface area contributed by atoms with Crippen LogP contribution in [-0.4, -0.2) is 5.91 Å². The molecule has 0 spiro atoms. The molecular weight excluding hydrogens is 249 g/mol. The Kier molecular flexibility index (Phi) is 2.07. The van der Waals surface area contributed by atoms with Crippen molar-refractivity contribution in [3.05, 3.63) is 19.9 Å². The highest BCUT2D eigenvalue weighted by molar-refractivity contribution is 14.1. The first-order valence-electron chi connectivity index (χ1n) is 2.23. The molecule has 4 heteroatoms. The third kappa shape index (κ3) is 1.42. The van der Waals surface area contributed by atoms with E-state index < -0.39 is 0 Å². The molecule has 1 heterocycles. The van der Waals surface area contributed by atoms with Crippen molar-refractivity contribution in [3.63, 3.8) is 0 Å². The third-order valence-corrected chi connectivity index (χ3v) is 2.94. The minimum absolute atomic E-state index is 0.347. The Morgan fingerprint density at radius 3 is 2.56 bits per heavy atom. The molecule has 9 heavy (non-hydrogen) atoms. The van der Waals surface area contributed by atoms with Crippen molar-refractivity contribution >= 4 is 39.8 Å². The zero-order valence-corrected chi connectivity index (χ0v) is 7.40. The Hall–Kier alpha value is -0.100. The summed E-state index contributed by atoms with van der Waals surface area (Å²) in [5, 5.41) is 3.64. The molecule has 48 valence electrons. The van der Waals surface area contributed by atoms with Crippen molar-refractivity contribution in [2.45, 2.75) is 0 Å². The van der Waals surface area contributed by atoms with Crippen LogP contribution in [0, 0.1) is 3.57 Å². The van der Waals surface area contributed by atoms with Gasteiger partial charge in [-0.3, -0.25) is 4.79 Å². The minimum atomic E-state index is -0.347. The van der Waals surface area contributed by atoms with Crippen LogP contribution in [0.25, 0.3) is 0 Å². The molecular formula is C5H4INOS.